The summed E-state index contributed by atoms with van der Waals surface area (Å²) in [6.45, 7) is 4.77. The quantitative estimate of drug-likeness (QED) is 0.692. The molecule has 2 saturated heterocycles. The van der Waals surface area contributed by atoms with Gasteiger partial charge in [-0.15, -0.1) is 0 Å². The number of hydrogen-bond acceptors (Lipinski definition) is 4. The summed E-state index contributed by atoms with van der Waals surface area (Å²) in [5.41, 5.74) is -1.04. The number of urea groups is 1. The maximum atomic E-state index is 12.3. The third-order valence-electron chi connectivity index (χ3n) is 4.01. The molecule has 2 aliphatic heterocycles. The Morgan fingerprint density at radius 2 is 2.00 bits per heavy atom. The topological polar surface area (TPSA) is 107 Å². The van der Waals surface area contributed by atoms with Crippen LogP contribution in [0.2, 0.25) is 0 Å². The Labute approximate surface area is 122 Å². The summed E-state index contributed by atoms with van der Waals surface area (Å²) >= 11 is 0. The highest BCUT2D eigenvalue weighted by molar-refractivity contribution is 6.08. The molecule has 0 aliphatic carbocycles. The van der Waals surface area contributed by atoms with Crippen LogP contribution in [0.4, 0.5) is 4.79 Å². The van der Waals surface area contributed by atoms with Crippen molar-refractivity contribution in [2.75, 3.05) is 13.1 Å². The number of carboxylic acids is 1. The SMILES string of the molecule is CC1CCN(C(=O)CN2C(=O)NC(C)(C)C2=O)C1C(=O)O. The van der Waals surface area contributed by atoms with Gasteiger partial charge in [-0.2, -0.15) is 0 Å². The highest BCUT2D eigenvalue weighted by atomic mass is 16.4. The molecule has 21 heavy (non-hydrogen) atoms. The van der Waals surface area contributed by atoms with Crippen LogP contribution >= 0.6 is 0 Å². The van der Waals surface area contributed by atoms with E-state index in [1.54, 1.807) is 20.8 Å². The fraction of sp³-hybridized carbons (Fsp3) is 0.692. The van der Waals surface area contributed by atoms with Gasteiger partial charge in [0.1, 0.15) is 18.1 Å². The predicted molar refractivity (Wildman–Crippen MR) is 71.2 cm³/mol. The lowest BCUT2D eigenvalue weighted by Gasteiger charge is -2.25. The van der Waals surface area contributed by atoms with Gasteiger partial charge in [0, 0.05) is 6.54 Å². The number of nitrogens with one attached hydrogen (secondary N) is 1. The minimum absolute atomic E-state index is 0.147. The first-order valence-corrected chi connectivity index (χ1v) is 6.81. The largest absolute Gasteiger partial charge is 0.480 e. The molecular weight excluding hydrogens is 278 g/mol. The zero-order valence-corrected chi connectivity index (χ0v) is 12.3. The van der Waals surface area contributed by atoms with Gasteiger partial charge in [-0.1, -0.05) is 6.92 Å². The van der Waals surface area contributed by atoms with E-state index in [0.29, 0.717) is 13.0 Å². The summed E-state index contributed by atoms with van der Waals surface area (Å²) in [4.78, 5) is 49.3. The molecule has 8 heteroatoms. The van der Waals surface area contributed by atoms with Crippen LogP contribution in [0.1, 0.15) is 27.2 Å². The number of hydrogen-bond donors (Lipinski definition) is 2. The molecule has 116 valence electrons. The molecule has 0 spiro atoms. The number of amides is 4. The molecule has 0 saturated carbocycles. The van der Waals surface area contributed by atoms with Gasteiger partial charge in [0.15, 0.2) is 0 Å². The van der Waals surface area contributed by atoms with Crippen LogP contribution in [0.15, 0.2) is 0 Å². The first kappa shape index (κ1) is 15.3. The third kappa shape index (κ3) is 2.57. The van der Waals surface area contributed by atoms with Crippen molar-refractivity contribution in [2.24, 2.45) is 5.92 Å². The number of aliphatic carboxylic acids is 1. The molecule has 2 unspecified atom stereocenters. The summed E-state index contributed by atoms with van der Waals surface area (Å²) in [5, 5.41) is 11.7. The average Bonchev–Trinajstić information content (AvgIpc) is 2.83. The number of carboxylic acid groups (broad SMARTS) is 1. The summed E-state index contributed by atoms with van der Waals surface area (Å²) in [7, 11) is 0. The van der Waals surface area contributed by atoms with Gasteiger partial charge < -0.3 is 15.3 Å². The summed E-state index contributed by atoms with van der Waals surface area (Å²) < 4.78 is 0. The van der Waals surface area contributed by atoms with Crippen molar-refractivity contribution in [1.29, 1.82) is 0 Å². The van der Waals surface area contributed by atoms with Gasteiger partial charge in [-0.25, -0.2) is 9.59 Å². The summed E-state index contributed by atoms with van der Waals surface area (Å²) in [5.74, 6) is -2.22. The predicted octanol–water partition coefficient (Wildman–Crippen LogP) is -0.362. The standard InChI is InChI=1S/C13H19N3O5/c1-7-4-5-15(9(7)10(18)19)8(17)6-16-11(20)13(2,3)14-12(16)21/h7,9H,4-6H2,1-3H3,(H,14,21)(H,18,19). The minimum Gasteiger partial charge on any atom is -0.480 e. The molecule has 0 bridgehead atoms. The molecule has 4 amide bonds. The average molecular weight is 297 g/mol. The van der Waals surface area contributed by atoms with Crippen molar-refractivity contribution < 1.29 is 24.3 Å². The Morgan fingerprint density at radius 1 is 1.38 bits per heavy atom. The van der Waals surface area contributed by atoms with Crippen LogP contribution in [0.5, 0.6) is 0 Å². The van der Waals surface area contributed by atoms with Crippen LogP contribution in [0, 0.1) is 5.92 Å². The lowest BCUT2D eigenvalue weighted by molar-refractivity contribution is -0.150. The van der Waals surface area contributed by atoms with Crippen molar-refractivity contribution in [3.8, 4) is 0 Å². The number of carbonyl (C=O) groups excluding carboxylic acids is 3. The Kier molecular flexibility index (Phi) is 3.65. The Balaban J connectivity index is 2.10. The lowest BCUT2D eigenvalue weighted by atomic mass is 10.0. The van der Waals surface area contributed by atoms with E-state index in [1.807, 2.05) is 0 Å². The number of likely N-dealkylation sites (tertiary alicyclic amines) is 1. The Bertz CT molecular complexity index is 516. The maximum Gasteiger partial charge on any atom is 0.326 e. The van der Waals surface area contributed by atoms with E-state index in [-0.39, 0.29) is 5.92 Å². The van der Waals surface area contributed by atoms with E-state index in [9.17, 15) is 24.3 Å². The van der Waals surface area contributed by atoms with Crippen LogP contribution < -0.4 is 5.32 Å². The molecule has 0 aromatic rings. The molecule has 0 aromatic heterocycles. The maximum absolute atomic E-state index is 12.3. The zero-order chi connectivity index (χ0) is 15.9. The third-order valence-corrected chi connectivity index (χ3v) is 4.01. The van der Waals surface area contributed by atoms with Crippen molar-refractivity contribution in [3.05, 3.63) is 0 Å². The Morgan fingerprint density at radius 3 is 2.48 bits per heavy atom. The molecule has 2 heterocycles. The van der Waals surface area contributed by atoms with E-state index >= 15 is 0 Å². The number of carbonyl (C=O) groups is 4. The summed E-state index contributed by atoms with van der Waals surface area (Å²) in [6, 6.07) is -1.52. The number of rotatable bonds is 3. The second-order valence-electron chi connectivity index (χ2n) is 6.08. The second-order valence-corrected chi connectivity index (χ2v) is 6.08. The van der Waals surface area contributed by atoms with Crippen LogP contribution in [-0.4, -0.2) is 63.4 Å². The van der Waals surface area contributed by atoms with E-state index in [1.165, 1.54) is 4.90 Å². The van der Waals surface area contributed by atoms with Gasteiger partial charge in [-0.05, 0) is 26.2 Å². The monoisotopic (exact) mass is 297 g/mol. The fourth-order valence-electron chi connectivity index (χ4n) is 2.79. The highest BCUT2D eigenvalue weighted by Gasteiger charge is 2.47. The fourth-order valence-corrected chi connectivity index (χ4v) is 2.79. The zero-order valence-electron chi connectivity index (χ0n) is 12.3. The van der Waals surface area contributed by atoms with Crippen molar-refractivity contribution >= 4 is 23.8 Å². The number of nitrogens with zero attached hydrogens (tertiary/aromatic N) is 2. The first-order valence-electron chi connectivity index (χ1n) is 6.81. The molecule has 8 nitrogen and oxygen atoms in total. The van der Waals surface area contributed by atoms with Crippen LogP contribution in [0.25, 0.3) is 0 Å². The van der Waals surface area contributed by atoms with Gasteiger partial charge >= 0.3 is 12.0 Å². The molecule has 2 N–H and O–H groups in total. The normalized spacial score (nSPS) is 28.0. The molecule has 2 atom stereocenters. The first-order chi connectivity index (χ1) is 9.65. The van der Waals surface area contributed by atoms with Gasteiger partial charge in [0.2, 0.25) is 5.91 Å². The van der Waals surface area contributed by atoms with Crippen LogP contribution in [-0.2, 0) is 14.4 Å². The molecule has 2 fully saturated rings. The molecule has 2 rings (SSSR count). The second kappa shape index (κ2) is 5.01. The lowest BCUT2D eigenvalue weighted by Crippen LogP contribution is -2.48. The molecule has 0 radical (unpaired) electrons. The highest BCUT2D eigenvalue weighted by Crippen LogP contribution is 2.25. The minimum atomic E-state index is -1.06. The van der Waals surface area contributed by atoms with Crippen molar-refractivity contribution in [3.63, 3.8) is 0 Å². The van der Waals surface area contributed by atoms with Gasteiger partial charge in [-0.3, -0.25) is 14.5 Å². The Hall–Kier alpha value is -2.12. The summed E-state index contributed by atoms with van der Waals surface area (Å²) in [6.07, 6.45) is 0.592. The van der Waals surface area contributed by atoms with E-state index in [4.69, 9.17) is 0 Å². The van der Waals surface area contributed by atoms with Crippen molar-refractivity contribution in [1.82, 2.24) is 15.1 Å². The van der Waals surface area contributed by atoms with E-state index in [0.717, 1.165) is 4.90 Å². The molecule has 2 aliphatic rings. The number of imide groups is 1. The van der Waals surface area contributed by atoms with E-state index < -0.39 is 41.9 Å². The van der Waals surface area contributed by atoms with Gasteiger partial charge in [0.05, 0.1) is 0 Å². The van der Waals surface area contributed by atoms with Gasteiger partial charge in [0.25, 0.3) is 5.91 Å². The van der Waals surface area contributed by atoms with Crippen molar-refractivity contribution in [2.45, 2.75) is 38.8 Å². The molecular formula is C13H19N3O5. The smallest absolute Gasteiger partial charge is 0.326 e. The van der Waals surface area contributed by atoms with Crippen LogP contribution in [0.3, 0.4) is 0 Å². The van der Waals surface area contributed by atoms with E-state index in [2.05, 4.69) is 5.32 Å². The molecule has 0 aromatic carbocycles.